The maximum absolute atomic E-state index is 6.79. The molecule has 0 saturated carbocycles. The van der Waals surface area contributed by atoms with Crippen LogP contribution in [0.1, 0.15) is 0 Å². The SMILES string of the molecule is c1ccc(-c2ccc3oc4c(-c5cccc6oc7ccc(-c8ccc9c(c8)c8cc(-c%10ccc%11c(c%10)c%10ccccc%10n%11-c%10ccccc%10)ccc8n9-c8ccccc8)cc7c56)nc(-c5ccccc5)nc4c3c2)cc1. The second-order valence-corrected chi connectivity index (χ2v) is 19.7. The molecule has 0 radical (unpaired) electrons. The van der Waals surface area contributed by atoms with E-state index in [9.17, 15) is 0 Å². The van der Waals surface area contributed by atoms with E-state index in [1.165, 1.54) is 38.1 Å². The molecule has 16 rings (SSSR count). The van der Waals surface area contributed by atoms with Gasteiger partial charge in [-0.1, -0.05) is 158 Å². The molecule has 0 spiro atoms. The van der Waals surface area contributed by atoms with Gasteiger partial charge in [0.15, 0.2) is 11.4 Å². The van der Waals surface area contributed by atoms with E-state index in [0.717, 1.165) is 99.8 Å². The fourth-order valence-corrected chi connectivity index (χ4v) is 11.8. The second kappa shape index (κ2) is 16.6. The minimum atomic E-state index is 0.628. The van der Waals surface area contributed by atoms with Crippen molar-refractivity contribution < 1.29 is 8.83 Å². The second-order valence-electron chi connectivity index (χ2n) is 19.7. The summed E-state index contributed by atoms with van der Waals surface area (Å²) in [6.45, 7) is 0. The van der Waals surface area contributed by atoms with Gasteiger partial charge >= 0.3 is 0 Å². The monoisotopic (exact) mass is 970 g/mol. The molecule has 0 aliphatic rings. The van der Waals surface area contributed by atoms with Crippen molar-refractivity contribution in [3.05, 3.63) is 255 Å². The van der Waals surface area contributed by atoms with Crippen LogP contribution in [0.2, 0.25) is 0 Å². The van der Waals surface area contributed by atoms with Crippen LogP contribution < -0.4 is 0 Å². The van der Waals surface area contributed by atoms with E-state index in [0.29, 0.717) is 17.1 Å². The lowest BCUT2D eigenvalue weighted by Crippen LogP contribution is -1.94. The Morgan fingerprint density at radius 3 is 1.36 bits per heavy atom. The number of hydrogen-bond donors (Lipinski definition) is 0. The molecule has 11 aromatic carbocycles. The average molecular weight is 971 g/mol. The van der Waals surface area contributed by atoms with E-state index in [4.69, 9.17) is 18.8 Å². The molecule has 0 unspecified atom stereocenters. The number of hydrogen-bond acceptors (Lipinski definition) is 4. The van der Waals surface area contributed by atoms with Crippen LogP contribution in [0.3, 0.4) is 0 Å². The van der Waals surface area contributed by atoms with Gasteiger partial charge in [-0.05, 0) is 130 Å². The van der Waals surface area contributed by atoms with E-state index >= 15 is 0 Å². The summed E-state index contributed by atoms with van der Waals surface area (Å²) in [5.74, 6) is 0.628. The quantitative estimate of drug-likeness (QED) is 0.160. The van der Waals surface area contributed by atoms with Gasteiger partial charge in [0.05, 0.1) is 22.1 Å². The Kier molecular flexibility index (Phi) is 9.23. The van der Waals surface area contributed by atoms with Gasteiger partial charge < -0.3 is 18.0 Å². The topological polar surface area (TPSA) is 61.9 Å². The molecule has 0 bridgehead atoms. The summed E-state index contributed by atoms with van der Waals surface area (Å²) in [7, 11) is 0. The zero-order valence-corrected chi connectivity index (χ0v) is 40.9. The van der Waals surface area contributed by atoms with E-state index in [2.05, 4.69) is 221 Å². The molecule has 0 aliphatic heterocycles. The summed E-state index contributed by atoms with van der Waals surface area (Å²) in [6, 6.07) is 90.5. The summed E-state index contributed by atoms with van der Waals surface area (Å²) < 4.78 is 18.2. The lowest BCUT2D eigenvalue weighted by molar-refractivity contribution is 0.667. The molecule has 0 amide bonds. The summed E-state index contributed by atoms with van der Waals surface area (Å²) >= 11 is 0. The highest BCUT2D eigenvalue weighted by atomic mass is 16.3. The maximum Gasteiger partial charge on any atom is 0.180 e. The number of benzene rings is 11. The van der Waals surface area contributed by atoms with Crippen molar-refractivity contribution >= 4 is 87.6 Å². The van der Waals surface area contributed by atoms with Crippen LogP contribution >= 0.6 is 0 Å². The molecule has 0 fully saturated rings. The Labute approximate surface area is 435 Å². The molecular weight excluding hydrogens is 929 g/mol. The highest BCUT2D eigenvalue weighted by Crippen LogP contribution is 2.45. The average Bonchev–Trinajstić information content (AvgIpc) is 4.26. The van der Waals surface area contributed by atoms with Gasteiger partial charge in [-0.15, -0.1) is 0 Å². The standard InChI is InChI=1S/C70H42N4O2/c1-5-16-43(17-6-1)45-31-37-64-58(42-45)68-69(76-64)67(71-70(72-68)44-18-7-2-8-19-44)53-25-15-27-65-66(53)57-41-49(32-36-63(57)75-65)48-30-35-62-56(40-48)55-39-47(29-34-61(55)74(62)51-22-11-4-12-23-51)46-28-33-60-54(38-46)52-24-13-14-26-59(52)73(60)50-20-9-3-10-21-50/h1-42H. The minimum absolute atomic E-state index is 0.628. The molecule has 5 aromatic heterocycles. The van der Waals surface area contributed by atoms with E-state index in [-0.39, 0.29) is 0 Å². The number of rotatable bonds is 7. The van der Waals surface area contributed by atoms with E-state index in [1.807, 2.05) is 42.5 Å². The van der Waals surface area contributed by atoms with Crippen LogP contribution in [0.5, 0.6) is 0 Å². The summed E-state index contributed by atoms with van der Waals surface area (Å²) in [5.41, 5.74) is 20.0. The Morgan fingerprint density at radius 1 is 0.289 bits per heavy atom. The highest BCUT2D eigenvalue weighted by Gasteiger charge is 2.23. The molecule has 16 aromatic rings. The maximum atomic E-state index is 6.79. The van der Waals surface area contributed by atoms with Gasteiger partial charge in [0.25, 0.3) is 0 Å². The molecular formula is C70H42N4O2. The number of nitrogens with zero attached hydrogens (tertiary/aromatic N) is 4. The van der Waals surface area contributed by atoms with Gasteiger partial charge in [0.2, 0.25) is 0 Å². The molecule has 5 heterocycles. The first-order valence-corrected chi connectivity index (χ1v) is 25.7. The molecule has 354 valence electrons. The van der Waals surface area contributed by atoms with Gasteiger partial charge in [-0.25, -0.2) is 9.97 Å². The molecule has 6 nitrogen and oxygen atoms in total. The van der Waals surface area contributed by atoms with Crippen molar-refractivity contribution in [3.8, 4) is 67.4 Å². The lowest BCUT2D eigenvalue weighted by Gasteiger charge is -2.09. The fraction of sp³-hybridized carbons (Fsp3) is 0. The van der Waals surface area contributed by atoms with Gasteiger partial charge in [0, 0.05) is 60.2 Å². The first kappa shape index (κ1) is 42.2. The van der Waals surface area contributed by atoms with Crippen molar-refractivity contribution in [2.75, 3.05) is 0 Å². The number of para-hydroxylation sites is 3. The Morgan fingerprint density at radius 2 is 0.750 bits per heavy atom. The number of furan rings is 2. The predicted octanol–water partition coefficient (Wildman–Crippen LogP) is 18.8. The Bertz CT molecular complexity index is 4970. The molecule has 76 heavy (non-hydrogen) atoms. The van der Waals surface area contributed by atoms with Crippen LogP contribution in [0, 0.1) is 0 Å². The third kappa shape index (κ3) is 6.54. The molecule has 0 N–H and O–H groups in total. The third-order valence-electron chi connectivity index (χ3n) is 15.3. The predicted molar refractivity (Wildman–Crippen MR) is 312 cm³/mol. The summed E-state index contributed by atoms with van der Waals surface area (Å²) in [6.07, 6.45) is 0. The fourth-order valence-electron chi connectivity index (χ4n) is 11.8. The molecule has 0 atom stereocenters. The Hall–Kier alpha value is -10.3. The van der Waals surface area contributed by atoms with E-state index in [1.54, 1.807) is 0 Å². The zero-order chi connectivity index (χ0) is 49.8. The van der Waals surface area contributed by atoms with Crippen LogP contribution in [0.15, 0.2) is 264 Å². The van der Waals surface area contributed by atoms with Crippen molar-refractivity contribution in [3.63, 3.8) is 0 Å². The van der Waals surface area contributed by atoms with Crippen molar-refractivity contribution in [1.82, 2.24) is 19.1 Å². The van der Waals surface area contributed by atoms with Gasteiger partial charge in [-0.3, -0.25) is 0 Å². The highest BCUT2D eigenvalue weighted by molar-refractivity contribution is 6.18. The van der Waals surface area contributed by atoms with E-state index < -0.39 is 0 Å². The van der Waals surface area contributed by atoms with Crippen molar-refractivity contribution in [2.45, 2.75) is 0 Å². The third-order valence-corrected chi connectivity index (χ3v) is 15.3. The summed E-state index contributed by atoms with van der Waals surface area (Å²) in [5, 5.41) is 7.73. The zero-order valence-electron chi connectivity index (χ0n) is 40.9. The van der Waals surface area contributed by atoms with Gasteiger partial charge in [-0.2, -0.15) is 0 Å². The van der Waals surface area contributed by atoms with Crippen LogP contribution in [0.25, 0.3) is 155 Å². The smallest absolute Gasteiger partial charge is 0.180 e. The van der Waals surface area contributed by atoms with Crippen LogP contribution in [-0.4, -0.2) is 19.1 Å². The van der Waals surface area contributed by atoms with Crippen LogP contribution in [-0.2, 0) is 0 Å². The van der Waals surface area contributed by atoms with Crippen molar-refractivity contribution in [2.24, 2.45) is 0 Å². The molecule has 0 saturated heterocycles. The first-order chi connectivity index (χ1) is 37.7. The Balaban J connectivity index is 0.869. The lowest BCUT2D eigenvalue weighted by atomic mass is 9.97. The normalized spacial score (nSPS) is 11.9. The summed E-state index contributed by atoms with van der Waals surface area (Å²) in [4.78, 5) is 10.6. The number of aromatic nitrogens is 4. The van der Waals surface area contributed by atoms with Crippen molar-refractivity contribution in [1.29, 1.82) is 0 Å². The molecule has 6 heteroatoms. The first-order valence-electron chi connectivity index (χ1n) is 25.7. The largest absolute Gasteiger partial charge is 0.456 e. The van der Waals surface area contributed by atoms with Crippen LogP contribution in [0.4, 0.5) is 0 Å². The number of fused-ring (bicyclic) bond motifs is 12. The minimum Gasteiger partial charge on any atom is -0.456 e. The molecule has 0 aliphatic carbocycles. The van der Waals surface area contributed by atoms with Gasteiger partial charge in [0.1, 0.15) is 28.0 Å².